The van der Waals surface area contributed by atoms with E-state index in [9.17, 15) is 14.0 Å². The Morgan fingerprint density at radius 2 is 2.12 bits per heavy atom. The lowest BCUT2D eigenvalue weighted by Gasteiger charge is -2.03. The van der Waals surface area contributed by atoms with Crippen LogP contribution in [0.4, 0.5) is 10.1 Å². The largest absolute Gasteiger partial charge is 0.328 e. The fourth-order valence-electron chi connectivity index (χ4n) is 1.20. The molecule has 0 saturated carbocycles. The first-order valence-electron chi connectivity index (χ1n) is 4.77. The van der Waals surface area contributed by atoms with Crippen molar-refractivity contribution in [3.63, 3.8) is 0 Å². The predicted molar refractivity (Wildman–Crippen MR) is 59.2 cm³/mol. The Balaban J connectivity index is 2.14. The van der Waals surface area contributed by atoms with Crippen molar-refractivity contribution in [2.45, 2.75) is 0 Å². The van der Waals surface area contributed by atoms with E-state index in [0.29, 0.717) is 11.3 Å². The van der Waals surface area contributed by atoms with Gasteiger partial charge in [0.15, 0.2) is 0 Å². The zero-order chi connectivity index (χ0) is 12.3. The van der Waals surface area contributed by atoms with E-state index in [-0.39, 0.29) is 5.56 Å². The van der Waals surface area contributed by atoms with Crippen molar-refractivity contribution >= 4 is 11.6 Å². The maximum atomic E-state index is 12.5. The van der Waals surface area contributed by atoms with Crippen molar-refractivity contribution in [2.75, 3.05) is 5.32 Å². The molecule has 1 amide bonds. The monoisotopic (exact) mass is 233 g/mol. The van der Waals surface area contributed by atoms with Gasteiger partial charge in [0.25, 0.3) is 5.91 Å². The molecule has 2 heterocycles. The predicted octanol–water partition coefficient (Wildman–Crippen LogP) is 1.16. The van der Waals surface area contributed by atoms with Crippen LogP contribution >= 0.6 is 0 Å². The zero-order valence-electron chi connectivity index (χ0n) is 8.61. The van der Waals surface area contributed by atoms with Crippen molar-refractivity contribution in [2.24, 2.45) is 0 Å². The average molecular weight is 233 g/mol. The van der Waals surface area contributed by atoms with E-state index < -0.39 is 11.9 Å². The Morgan fingerprint density at radius 3 is 2.71 bits per heavy atom. The number of aromatic nitrogens is 2. The van der Waals surface area contributed by atoms with Crippen LogP contribution in [-0.4, -0.2) is 15.9 Å². The number of hydrogen-bond donors (Lipinski definition) is 2. The van der Waals surface area contributed by atoms with Crippen LogP contribution in [0, 0.1) is 5.95 Å². The van der Waals surface area contributed by atoms with Gasteiger partial charge in [0.1, 0.15) is 0 Å². The molecule has 6 heteroatoms. The van der Waals surface area contributed by atoms with Crippen molar-refractivity contribution < 1.29 is 9.18 Å². The molecule has 0 fully saturated rings. The molecule has 5 nitrogen and oxygen atoms in total. The van der Waals surface area contributed by atoms with Gasteiger partial charge in [0.05, 0.1) is 17.4 Å². The van der Waals surface area contributed by atoms with Gasteiger partial charge in [-0.2, -0.15) is 4.39 Å². The third-order valence-corrected chi connectivity index (χ3v) is 2.03. The number of anilines is 1. The van der Waals surface area contributed by atoms with E-state index >= 15 is 0 Å². The Bertz CT molecular complexity index is 572. The van der Waals surface area contributed by atoms with Gasteiger partial charge in [-0.25, -0.2) is 4.98 Å². The van der Waals surface area contributed by atoms with Crippen LogP contribution in [0.15, 0.2) is 41.5 Å². The van der Waals surface area contributed by atoms with E-state index in [1.54, 1.807) is 0 Å². The van der Waals surface area contributed by atoms with Crippen molar-refractivity contribution in [1.82, 2.24) is 9.97 Å². The molecular weight excluding hydrogens is 225 g/mol. The Morgan fingerprint density at radius 1 is 1.29 bits per heavy atom. The summed E-state index contributed by atoms with van der Waals surface area (Å²) in [6.45, 7) is 0. The molecule has 0 saturated heterocycles. The molecule has 0 atom stereocenters. The molecule has 0 bridgehead atoms. The number of nitrogens with one attached hydrogen (secondary N) is 2. The summed E-state index contributed by atoms with van der Waals surface area (Å²) in [6, 6.07) is 5.18. The van der Waals surface area contributed by atoms with Crippen LogP contribution in [0.25, 0.3) is 0 Å². The van der Waals surface area contributed by atoms with Crippen molar-refractivity contribution in [3.05, 3.63) is 58.5 Å². The number of halogens is 1. The second-order valence-corrected chi connectivity index (χ2v) is 3.27. The van der Waals surface area contributed by atoms with E-state index in [1.807, 2.05) is 0 Å². The number of carbonyl (C=O) groups is 1. The van der Waals surface area contributed by atoms with E-state index in [2.05, 4.69) is 15.3 Å². The van der Waals surface area contributed by atoms with E-state index in [1.165, 1.54) is 30.6 Å². The number of hydrogen-bond acceptors (Lipinski definition) is 3. The van der Waals surface area contributed by atoms with Gasteiger partial charge >= 0.3 is 0 Å². The SMILES string of the molecule is O=C(Nc1ccc(F)nc1)c1ccc(=O)[nH]c1. The van der Waals surface area contributed by atoms with E-state index in [4.69, 9.17) is 0 Å². The Hall–Kier alpha value is -2.50. The molecule has 2 N–H and O–H groups in total. The van der Waals surface area contributed by atoms with Crippen LogP contribution in [0.3, 0.4) is 0 Å². The first kappa shape index (κ1) is 11.0. The third kappa shape index (κ3) is 2.75. The highest BCUT2D eigenvalue weighted by molar-refractivity contribution is 6.03. The number of H-pyrrole nitrogens is 1. The Labute approximate surface area is 95.3 Å². The topological polar surface area (TPSA) is 74.8 Å². The number of nitrogens with zero attached hydrogens (tertiary/aromatic N) is 1. The van der Waals surface area contributed by atoms with Crippen LogP contribution < -0.4 is 10.9 Å². The lowest BCUT2D eigenvalue weighted by molar-refractivity contribution is 0.102. The summed E-state index contributed by atoms with van der Waals surface area (Å²) in [5.41, 5.74) is 0.390. The fraction of sp³-hybridized carbons (Fsp3) is 0. The highest BCUT2D eigenvalue weighted by Gasteiger charge is 2.05. The second kappa shape index (κ2) is 4.56. The van der Waals surface area contributed by atoms with Crippen molar-refractivity contribution in [3.8, 4) is 0 Å². The molecule has 2 rings (SSSR count). The molecule has 2 aromatic heterocycles. The molecule has 2 aromatic rings. The fourth-order valence-corrected chi connectivity index (χ4v) is 1.20. The molecule has 86 valence electrons. The summed E-state index contributed by atoms with van der Waals surface area (Å²) in [7, 11) is 0. The lowest BCUT2D eigenvalue weighted by Crippen LogP contribution is -2.14. The summed E-state index contributed by atoms with van der Waals surface area (Å²) in [6.07, 6.45) is 2.51. The Kier molecular flexibility index (Phi) is 2.95. The molecule has 0 unspecified atom stereocenters. The standard InChI is InChI=1S/C11H8FN3O2/c12-9-3-2-8(6-13-9)15-11(17)7-1-4-10(16)14-5-7/h1-6H,(H,14,16)(H,15,17). The normalized spacial score (nSPS) is 9.94. The van der Waals surface area contributed by atoms with Crippen LogP contribution in [0.5, 0.6) is 0 Å². The summed E-state index contributed by atoms with van der Waals surface area (Å²) in [4.78, 5) is 28.2. The summed E-state index contributed by atoms with van der Waals surface area (Å²) < 4.78 is 12.5. The smallest absolute Gasteiger partial charge is 0.257 e. The summed E-state index contributed by atoms with van der Waals surface area (Å²) in [5, 5.41) is 2.51. The maximum absolute atomic E-state index is 12.5. The van der Waals surface area contributed by atoms with Gasteiger partial charge < -0.3 is 10.3 Å². The molecule has 0 aromatic carbocycles. The van der Waals surface area contributed by atoms with Gasteiger partial charge in [-0.1, -0.05) is 0 Å². The first-order valence-corrected chi connectivity index (χ1v) is 4.77. The number of amides is 1. The van der Waals surface area contributed by atoms with E-state index in [0.717, 1.165) is 6.07 Å². The molecule has 17 heavy (non-hydrogen) atoms. The maximum Gasteiger partial charge on any atom is 0.257 e. The molecule has 0 aliphatic heterocycles. The highest BCUT2D eigenvalue weighted by Crippen LogP contribution is 2.07. The number of pyridine rings is 2. The van der Waals surface area contributed by atoms with Crippen LogP contribution in [-0.2, 0) is 0 Å². The van der Waals surface area contributed by atoms with Gasteiger partial charge in [0, 0.05) is 12.3 Å². The quantitative estimate of drug-likeness (QED) is 0.764. The molecule has 0 spiro atoms. The molecule has 0 radical (unpaired) electrons. The first-order chi connectivity index (χ1) is 8.15. The summed E-state index contributed by atoms with van der Waals surface area (Å²) in [5.74, 6) is -1.03. The summed E-state index contributed by atoms with van der Waals surface area (Å²) >= 11 is 0. The van der Waals surface area contributed by atoms with Gasteiger partial charge in [0.2, 0.25) is 11.5 Å². The minimum Gasteiger partial charge on any atom is -0.328 e. The second-order valence-electron chi connectivity index (χ2n) is 3.27. The van der Waals surface area contributed by atoms with Gasteiger partial charge in [-0.05, 0) is 18.2 Å². The highest BCUT2D eigenvalue weighted by atomic mass is 19.1. The number of carbonyl (C=O) groups excluding carboxylic acids is 1. The van der Waals surface area contributed by atoms with Crippen molar-refractivity contribution in [1.29, 1.82) is 0 Å². The lowest BCUT2D eigenvalue weighted by atomic mass is 10.2. The molecule has 0 aliphatic carbocycles. The third-order valence-electron chi connectivity index (χ3n) is 2.03. The average Bonchev–Trinajstić information content (AvgIpc) is 2.33. The van der Waals surface area contributed by atoms with Crippen LogP contribution in [0.2, 0.25) is 0 Å². The van der Waals surface area contributed by atoms with Crippen LogP contribution in [0.1, 0.15) is 10.4 Å². The zero-order valence-corrected chi connectivity index (χ0v) is 8.61. The molecular formula is C11H8FN3O2. The number of aromatic amines is 1. The minimum atomic E-state index is -0.618. The van der Waals surface area contributed by atoms with Gasteiger partial charge in [-0.3, -0.25) is 9.59 Å². The minimum absolute atomic E-state index is 0.287. The number of rotatable bonds is 2. The molecule has 0 aliphatic rings. The van der Waals surface area contributed by atoms with Gasteiger partial charge in [-0.15, -0.1) is 0 Å².